The van der Waals surface area contributed by atoms with Crippen LogP contribution in [0.3, 0.4) is 0 Å². The first-order valence-electron chi connectivity index (χ1n) is 9.56. The predicted molar refractivity (Wildman–Crippen MR) is 122 cm³/mol. The zero-order valence-corrected chi connectivity index (χ0v) is 19.3. The minimum atomic E-state index is -0.830. The number of nitrogens with two attached hydrogens (primary N) is 1. The topological polar surface area (TPSA) is 114 Å². The first kappa shape index (κ1) is 23.2. The maximum absolute atomic E-state index is 11.5. The van der Waals surface area contributed by atoms with Gasteiger partial charge in [0.05, 0.1) is 5.69 Å². The van der Waals surface area contributed by atoms with Crippen LogP contribution in [0.25, 0.3) is 0 Å². The van der Waals surface area contributed by atoms with Gasteiger partial charge in [-0.3, -0.25) is 4.79 Å². The molecule has 7 nitrogen and oxygen atoms in total. The number of benzene rings is 1. The molecule has 0 bridgehead atoms. The summed E-state index contributed by atoms with van der Waals surface area (Å²) in [4.78, 5) is 34.1. The normalized spacial score (nSPS) is 12.2. The number of nitrogens with one attached hydrogen (secondary N) is 2. The van der Waals surface area contributed by atoms with Gasteiger partial charge in [0.25, 0.3) is 0 Å². The zero-order chi connectivity index (χ0) is 22.5. The highest BCUT2D eigenvalue weighted by Gasteiger charge is 2.25. The van der Waals surface area contributed by atoms with Gasteiger partial charge in [-0.05, 0) is 29.7 Å². The van der Waals surface area contributed by atoms with Gasteiger partial charge in [-0.25, -0.2) is 9.78 Å². The fourth-order valence-corrected chi connectivity index (χ4v) is 4.97. The summed E-state index contributed by atoms with van der Waals surface area (Å²) in [5.41, 5.74) is 6.72. The summed E-state index contributed by atoms with van der Waals surface area (Å²) >= 11 is 13.8. The van der Waals surface area contributed by atoms with Crippen LogP contribution < -0.4 is 11.3 Å². The molecule has 0 fully saturated rings. The van der Waals surface area contributed by atoms with E-state index in [9.17, 15) is 9.59 Å². The highest BCUT2D eigenvalue weighted by Crippen LogP contribution is 2.39. The number of amides is 1. The fraction of sp³-hybridized carbons (Fsp3) is 0.286. The molecular weight excluding hydrogens is 459 g/mol. The van der Waals surface area contributed by atoms with Crippen LogP contribution in [0.4, 0.5) is 4.79 Å². The van der Waals surface area contributed by atoms with Crippen molar-refractivity contribution in [2.75, 3.05) is 6.61 Å². The van der Waals surface area contributed by atoms with Crippen LogP contribution >= 0.6 is 35.0 Å². The lowest BCUT2D eigenvalue weighted by atomic mass is 9.87. The number of carbonyl (C=O) groups excluding carboxylic acids is 1. The van der Waals surface area contributed by atoms with Crippen molar-refractivity contribution in [3.63, 3.8) is 0 Å². The summed E-state index contributed by atoms with van der Waals surface area (Å²) in [6.45, 7) is 4.30. The van der Waals surface area contributed by atoms with Gasteiger partial charge in [0.15, 0.2) is 0 Å². The molecule has 1 aromatic carbocycles. The van der Waals surface area contributed by atoms with Gasteiger partial charge in [0.2, 0.25) is 5.56 Å². The molecule has 0 spiro atoms. The molecule has 1 unspecified atom stereocenters. The van der Waals surface area contributed by atoms with E-state index in [1.165, 1.54) is 17.8 Å². The van der Waals surface area contributed by atoms with Crippen LogP contribution in [0.15, 0.2) is 51.2 Å². The van der Waals surface area contributed by atoms with Crippen molar-refractivity contribution in [3.05, 3.63) is 74.0 Å². The highest BCUT2D eigenvalue weighted by atomic mass is 35.5. The highest BCUT2D eigenvalue weighted by molar-refractivity contribution is 7.99. The summed E-state index contributed by atoms with van der Waals surface area (Å²) in [6.07, 6.45) is 1.26. The van der Waals surface area contributed by atoms with E-state index in [1.807, 2.05) is 18.2 Å². The Balaban J connectivity index is 2.02. The third-order valence-electron chi connectivity index (χ3n) is 4.52. The summed E-state index contributed by atoms with van der Waals surface area (Å²) in [5.74, 6) is 0.789. The van der Waals surface area contributed by atoms with Crippen LogP contribution in [-0.4, -0.2) is 27.7 Å². The van der Waals surface area contributed by atoms with E-state index < -0.39 is 6.09 Å². The molecule has 0 saturated carbocycles. The van der Waals surface area contributed by atoms with Gasteiger partial charge in [0.1, 0.15) is 17.5 Å². The fourth-order valence-electron chi connectivity index (χ4n) is 3.27. The Morgan fingerprint density at radius 3 is 2.52 bits per heavy atom. The average Bonchev–Trinajstić information content (AvgIpc) is 3.04. The molecule has 2 heterocycles. The van der Waals surface area contributed by atoms with Gasteiger partial charge in [-0.15, -0.1) is 0 Å². The Labute approximate surface area is 193 Å². The number of imidazole rings is 1. The minimum Gasteiger partial charge on any atom is -0.449 e. The van der Waals surface area contributed by atoms with Crippen molar-refractivity contribution in [1.82, 2.24) is 15.0 Å². The van der Waals surface area contributed by atoms with Crippen LogP contribution in [-0.2, 0) is 11.2 Å². The Kier molecular flexibility index (Phi) is 7.69. The number of pyridine rings is 1. The summed E-state index contributed by atoms with van der Waals surface area (Å²) in [6, 6.07) is 8.62. The Hall–Kier alpha value is -2.42. The number of hydrogen-bond acceptors (Lipinski definition) is 5. The lowest BCUT2D eigenvalue weighted by Crippen LogP contribution is -2.15. The minimum absolute atomic E-state index is 0.0627. The number of primary amides is 1. The van der Waals surface area contributed by atoms with Crippen molar-refractivity contribution >= 4 is 41.1 Å². The number of ether oxygens (including phenoxy) is 1. The second-order valence-corrected chi connectivity index (χ2v) is 9.17. The van der Waals surface area contributed by atoms with E-state index in [0.717, 1.165) is 21.2 Å². The maximum Gasteiger partial charge on any atom is 0.404 e. The van der Waals surface area contributed by atoms with E-state index in [2.05, 4.69) is 23.8 Å². The molecule has 2 aromatic heterocycles. The summed E-state index contributed by atoms with van der Waals surface area (Å²) < 4.78 is 4.85. The van der Waals surface area contributed by atoms with E-state index in [0.29, 0.717) is 22.3 Å². The Bertz CT molecular complexity index is 1090. The quantitative estimate of drug-likeness (QED) is 0.420. The third kappa shape index (κ3) is 6.29. The van der Waals surface area contributed by atoms with E-state index in [1.54, 1.807) is 12.3 Å². The number of H-pyrrole nitrogens is 2. The number of hydrogen-bond donors (Lipinski definition) is 3. The standard InChI is InChI=1S/C21H22Cl2N4O3S/c1-11(2)18(12-3-4-17(28)25-10-12)19-20(27-16(26-19)5-6-30-21(24)29)31-15-8-13(22)7-14(23)9-15/h3-4,7-11,18H,5-6H2,1-2H3,(H2,24,29)(H,25,28)(H,26,27). The van der Waals surface area contributed by atoms with E-state index in [4.69, 9.17) is 38.7 Å². The van der Waals surface area contributed by atoms with Gasteiger partial charge in [0, 0.05) is 39.5 Å². The second kappa shape index (κ2) is 10.3. The lowest BCUT2D eigenvalue weighted by molar-refractivity contribution is 0.157. The molecule has 10 heteroatoms. The lowest BCUT2D eigenvalue weighted by Gasteiger charge is -2.21. The van der Waals surface area contributed by atoms with Crippen molar-refractivity contribution in [2.45, 2.75) is 36.1 Å². The third-order valence-corrected chi connectivity index (χ3v) is 5.94. The average molecular weight is 481 g/mol. The molecule has 164 valence electrons. The largest absolute Gasteiger partial charge is 0.449 e. The Morgan fingerprint density at radius 1 is 1.23 bits per heavy atom. The number of rotatable bonds is 8. The monoisotopic (exact) mass is 480 g/mol. The zero-order valence-electron chi connectivity index (χ0n) is 16.9. The first-order chi connectivity index (χ1) is 14.7. The predicted octanol–water partition coefficient (Wildman–Crippen LogP) is 4.98. The molecule has 4 N–H and O–H groups in total. The smallest absolute Gasteiger partial charge is 0.404 e. The molecule has 0 aliphatic heterocycles. The SMILES string of the molecule is CC(C)C(c1ccc(=O)[nH]c1)c1[nH]c(CCOC(N)=O)nc1Sc1cc(Cl)cc(Cl)c1. The van der Waals surface area contributed by atoms with Crippen molar-refractivity contribution in [3.8, 4) is 0 Å². The second-order valence-electron chi connectivity index (χ2n) is 7.23. The van der Waals surface area contributed by atoms with Crippen LogP contribution in [0.5, 0.6) is 0 Å². The molecule has 0 aliphatic carbocycles. The molecule has 3 rings (SSSR count). The molecule has 0 aliphatic rings. The molecule has 1 amide bonds. The van der Waals surface area contributed by atoms with Crippen molar-refractivity contribution in [1.29, 1.82) is 0 Å². The first-order valence-corrected chi connectivity index (χ1v) is 11.1. The number of halogens is 2. The van der Waals surface area contributed by atoms with E-state index in [-0.39, 0.29) is 24.0 Å². The van der Waals surface area contributed by atoms with Gasteiger partial charge >= 0.3 is 6.09 Å². The summed E-state index contributed by atoms with van der Waals surface area (Å²) in [7, 11) is 0. The van der Waals surface area contributed by atoms with Gasteiger partial charge < -0.3 is 20.4 Å². The molecular formula is C21H22Cl2N4O3S. The number of nitrogens with zero attached hydrogens (tertiary/aromatic N) is 1. The molecule has 1 atom stereocenters. The molecule has 0 saturated heterocycles. The van der Waals surface area contributed by atoms with E-state index >= 15 is 0 Å². The van der Waals surface area contributed by atoms with Crippen LogP contribution in [0.1, 0.15) is 36.8 Å². The molecule has 31 heavy (non-hydrogen) atoms. The van der Waals surface area contributed by atoms with Crippen LogP contribution in [0.2, 0.25) is 10.0 Å². The number of carbonyl (C=O) groups is 1. The molecule has 3 aromatic rings. The van der Waals surface area contributed by atoms with Crippen molar-refractivity contribution in [2.24, 2.45) is 11.7 Å². The number of aromatic nitrogens is 3. The van der Waals surface area contributed by atoms with Crippen molar-refractivity contribution < 1.29 is 9.53 Å². The number of aromatic amines is 2. The Morgan fingerprint density at radius 2 is 1.94 bits per heavy atom. The maximum atomic E-state index is 11.5. The molecule has 0 radical (unpaired) electrons. The van der Waals surface area contributed by atoms with Gasteiger partial charge in [-0.2, -0.15) is 0 Å². The van der Waals surface area contributed by atoms with Gasteiger partial charge in [-0.1, -0.05) is 54.9 Å². The van der Waals surface area contributed by atoms with Crippen LogP contribution in [0, 0.1) is 5.92 Å². The summed E-state index contributed by atoms with van der Waals surface area (Å²) in [5, 5.41) is 1.81.